The molecule has 4 aromatic rings. The average molecular weight is 398 g/mol. The molecule has 0 aliphatic heterocycles. The molecular weight excluding hydrogens is 381 g/mol. The first kappa shape index (κ1) is 18.9. The van der Waals surface area contributed by atoms with E-state index in [0.717, 1.165) is 23.0 Å². The van der Waals surface area contributed by atoms with E-state index < -0.39 is 17.8 Å². The van der Waals surface area contributed by atoms with E-state index in [2.05, 4.69) is 15.4 Å². The number of aromatic nitrogens is 3. The maximum absolute atomic E-state index is 13.8. The summed E-state index contributed by atoms with van der Waals surface area (Å²) >= 11 is 0. The van der Waals surface area contributed by atoms with Crippen LogP contribution in [0.2, 0.25) is 0 Å². The second-order valence-electron chi connectivity index (χ2n) is 6.97. The molecule has 0 fully saturated rings. The summed E-state index contributed by atoms with van der Waals surface area (Å²) < 4.78 is 41.9. The number of hydrogen-bond donors (Lipinski definition) is 1. The van der Waals surface area contributed by atoms with Crippen LogP contribution >= 0.6 is 0 Å². The summed E-state index contributed by atoms with van der Waals surface area (Å²) in [6.45, 7) is 3.53. The van der Waals surface area contributed by atoms with Gasteiger partial charge in [0.25, 0.3) is 5.91 Å². The van der Waals surface area contributed by atoms with Gasteiger partial charge in [0.05, 0.1) is 11.9 Å². The molecule has 2 aromatic heterocycles. The van der Waals surface area contributed by atoms with Gasteiger partial charge in [-0.3, -0.25) is 4.79 Å². The molecule has 0 saturated carbocycles. The minimum atomic E-state index is -4.67. The third kappa shape index (κ3) is 3.41. The van der Waals surface area contributed by atoms with E-state index in [0.29, 0.717) is 10.1 Å². The van der Waals surface area contributed by atoms with Gasteiger partial charge in [0, 0.05) is 11.6 Å². The van der Waals surface area contributed by atoms with Gasteiger partial charge in [-0.1, -0.05) is 42.5 Å². The van der Waals surface area contributed by atoms with Crippen molar-refractivity contribution in [2.45, 2.75) is 26.1 Å². The molecule has 0 unspecified atom stereocenters. The number of alkyl halides is 3. The van der Waals surface area contributed by atoms with Crippen molar-refractivity contribution in [3.05, 3.63) is 66.0 Å². The molecule has 2 heterocycles. The van der Waals surface area contributed by atoms with Crippen LogP contribution in [0, 0.1) is 0 Å². The predicted molar refractivity (Wildman–Crippen MR) is 104 cm³/mol. The third-order valence-electron chi connectivity index (χ3n) is 4.49. The zero-order valence-corrected chi connectivity index (χ0v) is 15.7. The monoisotopic (exact) mass is 398 g/mol. The highest BCUT2D eigenvalue weighted by molar-refractivity contribution is 6.01. The number of benzene rings is 2. The van der Waals surface area contributed by atoms with Gasteiger partial charge < -0.3 is 5.32 Å². The van der Waals surface area contributed by atoms with Gasteiger partial charge in [0.15, 0.2) is 11.3 Å². The van der Waals surface area contributed by atoms with Crippen molar-refractivity contribution in [3.8, 4) is 11.3 Å². The summed E-state index contributed by atoms with van der Waals surface area (Å²) in [4.78, 5) is 16.9. The van der Waals surface area contributed by atoms with Crippen LogP contribution in [0.3, 0.4) is 0 Å². The first-order valence-corrected chi connectivity index (χ1v) is 9.00. The minimum Gasteiger partial charge on any atom is -0.350 e. The zero-order valence-electron chi connectivity index (χ0n) is 15.7. The highest BCUT2D eigenvalue weighted by atomic mass is 19.4. The van der Waals surface area contributed by atoms with Gasteiger partial charge in [-0.2, -0.15) is 18.3 Å². The number of carbonyl (C=O) groups excluding carboxylic acids is 1. The average Bonchev–Trinajstić information content (AvgIpc) is 3.09. The molecule has 8 heteroatoms. The fourth-order valence-electron chi connectivity index (χ4n) is 3.25. The lowest BCUT2D eigenvalue weighted by Crippen LogP contribution is -2.30. The number of carbonyl (C=O) groups is 1. The molecule has 1 amide bonds. The van der Waals surface area contributed by atoms with E-state index in [1.54, 1.807) is 26.0 Å². The molecule has 0 saturated heterocycles. The van der Waals surface area contributed by atoms with E-state index in [9.17, 15) is 18.0 Å². The SMILES string of the molecule is CC(C)NC(=O)c1cnn2c(C(F)(F)F)cc(-c3cccc4ccccc34)nc12. The number of fused-ring (bicyclic) bond motifs is 2. The highest BCUT2D eigenvalue weighted by Crippen LogP contribution is 2.34. The largest absolute Gasteiger partial charge is 0.433 e. The van der Waals surface area contributed by atoms with Gasteiger partial charge in [-0.05, 0) is 30.7 Å². The molecular formula is C21H17F3N4O. The van der Waals surface area contributed by atoms with Crippen LogP contribution in [0.25, 0.3) is 27.7 Å². The van der Waals surface area contributed by atoms with Crippen LogP contribution in [0.4, 0.5) is 13.2 Å². The van der Waals surface area contributed by atoms with Crippen molar-refractivity contribution < 1.29 is 18.0 Å². The lowest BCUT2D eigenvalue weighted by molar-refractivity contribution is -0.142. The van der Waals surface area contributed by atoms with Crippen molar-refractivity contribution in [2.75, 3.05) is 0 Å². The number of nitrogens with zero attached hydrogens (tertiary/aromatic N) is 3. The van der Waals surface area contributed by atoms with Crippen molar-refractivity contribution in [3.63, 3.8) is 0 Å². The molecule has 0 aliphatic rings. The molecule has 29 heavy (non-hydrogen) atoms. The van der Waals surface area contributed by atoms with Gasteiger partial charge in [0.1, 0.15) is 5.56 Å². The van der Waals surface area contributed by atoms with Crippen molar-refractivity contribution >= 4 is 22.3 Å². The summed E-state index contributed by atoms with van der Waals surface area (Å²) in [6.07, 6.45) is -3.56. The molecule has 0 spiro atoms. The second kappa shape index (κ2) is 6.88. The van der Waals surface area contributed by atoms with Crippen molar-refractivity contribution in [2.24, 2.45) is 0 Å². The molecule has 4 rings (SSSR count). The molecule has 1 N–H and O–H groups in total. The molecule has 0 radical (unpaired) electrons. The van der Waals surface area contributed by atoms with Gasteiger partial charge in [-0.15, -0.1) is 0 Å². The van der Waals surface area contributed by atoms with Crippen LogP contribution in [-0.4, -0.2) is 26.5 Å². The van der Waals surface area contributed by atoms with Crippen LogP contribution in [-0.2, 0) is 6.18 Å². The summed E-state index contributed by atoms with van der Waals surface area (Å²) in [5.74, 6) is -0.523. The molecule has 148 valence electrons. The highest BCUT2D eigenvalue weighted by Gasteiger charge is 2.36. The Morgan fingerprint density at radius 1 is 1.10 bits per heavy atom. The van der Waals surface area contributed by atoms with Crippen LogP contribution < -0.4 is 5.32 Å². The van der Waals surface area contributed by atoms with Gasteiger partial charge >= 0.3 is 6.18 Å². The van der Waals surface area contributed by atoms with E-state index in [1.165, 1.54) is 0 Å². The quantitative estimate of drug-likeness (QED) is 0.544. The molecule has 0 aliphatic carbocycles. The smallest absolute Gasteiger partial charge is 0.350 e. The van der Waals surface area contributed by atoms with E-state index >= 15 is 0 Å². The fourth-order valence-corrected chi connectivity index (χ4v) is 3.25. The van der Waals surface area contributed by atoms with Crippen LogP contribution in [0.15, 0.2) is 54.7 Å². The van der Waals surface area contributed by atoms with Crippen molar-refractivity contribution in [1.29, 1.82) is 0 Å². The summed E-state index contributed by atoms with van der Waals surface area (Å²) in [5.41, 5.74) is -0.463. The standard InChI is InChI=1S/C21H17F3N4O/c1-12(2)26-20(29)16-11-25-28-18(21(22,23)24)10-17(27-19(16)28)15-9-5-7-13-6-3-4-8-14(13)15/h3-12H,1-2H3,(H,26,29). The topological polar surface area (TPSA) is 59.3 Å². The Balaban J connectivity index is 2.01. The Kier molecular flexibility index (Phi) is 4.49. The molecule has 2 aromatic carbocycles. The number of nitrogens with one attached hydrogen (secondary N) is 1. The number of rotatable bonds is 3. The lowest BCUT2D eigenvalue weighted by atomic mass is 10.0. The summed E-state index contributed by atoms with van der Waals surface area (Å²) in [6, 6.07) is 13.5. The normalized spacial score (nSPS) is 12.1. The Morgan fingerprint density at radius 2 is 1.83 bits per heavy atom. The maximum atomic E-state index is 13.8. The Morgan fingerprint density at radius 3 is 2.55 bits per heavy atom. The lowest BCUT2D eigenvalue weighted by Gasteiger charge is -2.13. The zero-order chi connectivity index (χ0) is 20.8. The molecule has 0 atom stereocenters. The Hall–Kier alpha value is -3.42. The van der Waals surface area contributed by atoms with E-state index in [4.69, 9.17) is 0 Å². The molecule has 5 nitrogen and oxygen atoms in total. The third-order valence-corrected chi connectivity index (χ3v) is 4.49. The first-order chi connectivity index (χ1) is 13.8. The Labute approximate surface area is 164 Å². The number of hydrogen-bond acceptors (Lipinski definition) is 3. The predicted octanol–water partition coefficient (Wildman–Crippen LogP) is 4.71. The fraction of sp³-hybridized carbons (Fsp3) is 0.190. The number of amides is 1. The first-order valence-electron chi connectivity index (χ1n) is 9.00. The van der Waals surface area contributed by atoms with E-state index in [-0.39, 0.29) is 22.9 Å². The summed E-state index contributed by atoms with van der Waals surface area (Å²) in [7, 11) is 0. The van der Waals surface area contributed by atoms with Crippen LogP contribution in [0.5, 0.6) is 0 Å². The summed E-state index contributed by atoms with van der Waals surface area (Å²) in [5, 5.41) is 8.11. The van der Waals surface area contributed by atoms with Crippen molar-refractivity contribution in [1.82, 2.24) is 19.9 Å². The second-order valence-corrected chi connectivity index (χ2v) is 6.97. The molecule has 0 bridgehead atoms. The maximum Gasteiger partial charge on any atom is 0.433 e. The minimum absolute atomic E-state index is 0.00807. The van der Waals surface area contributed by atoms with Gasteiger partial charge in [0.2, 0.25) is 0 Å². The van der Waals surface area contributed by atoms with Gasteiger partial charge in [-0.25, -0.2) is 9.50 Å². The Bertz CT molecular complexity index is 1220. The number of halogens is 3. The van der Waals surface area contributed by atoms with Crippen LogP contribution in [0.1, 0.15) is 29.9 Å². The van der Waals surface area contributed by atoms with E-state index in [1.807, 2.05) is 30.3 Å².